The molecule has 0 saturated heterocycles. The Morgan fingerprint density at radius 3 is 3.09 bits per heavy atom. The van der Waals surface area contributed by atoms with Gasteiger partial charge in [-0.15, -0.1) is 11.7 Å². The van der Waals surface area contributed by atoms with E-state index < -0.39 is 0 Å². The number of hydrogen-bond acceptors (Lipinski definition) is 4. The van der Waals surface area contributed by atoms with Crippen molar-refractivity contribution >= 4 is 11.5 Å². The first-order chi connectivity index (χ1) is 5.20. The van der Waals surface area contributed by atoms with Gasteiger partial charge in [-0.05, 0) is 24.9 Å². The van der Waals surface area contributed by atoms with Crippen LogP contribution in [0.1, 0.15) is 25.1 Å². The van der Waals surface area contributed by atoms with Crippen LogP contribution in [-0.4, -0.2) is 9.59 Å². The summed E-state index contributed by atoms with van der Waals surface area (Å²) in [5.41, 5.74) is 7.72. The maximum Gasteiger partial charge on any atom is 0.0925 e. The zero-order valence-electron chi connectivity index (χ0n) is 6.45. The highest BCUT2D eigenvalue weighted by Crippen LogP contribution is 2.15. The van der Waals surface area contributed by atoms with Crippen molar-refractivity contribution in [2.45, 2.75) is 19.4 Å². The quantitative estimate of drug-likeness (QED) is 0.698. The molecular formula is C7H11N3S. The maximum absolute atomic E-state index is 5.78. The van der Waals surface area contributed by atoms with Gasteiger partial charge in [0.2, 0.25) is 0 Å². The van der Waals surface area contributed by atoms with Crippen molar-refractivity contribution in [2.75, 3.05) is 0 Å². The molecule has 1 aromatic heterocycles. The predicted octanol–water partition coefficient (Wildman–Crippen LogP) is 1.50. The molecule has 0 fully saturated rings. The van der Waals surface area contributed by atoms with E-state index in [1.54, 1.807) is 0 Å². The molecule has 1 aromatic rings. The largest absolute Gasteiger partial charge is 0.322 e. The third-order valence-electron chi connectivity index (χ3n) is 1.33. The molecular weight excluding hydrogens is 158 g/mol. The van der Waals surface area contributed by atoms with E-state index in [-0.39, 0.29) is 6.04 Å². The molecule has 1 rings (SSSR count). The fourth-order valence-corrected chi connectivity index (χ4v) is 1.33. The topological polar surface area (TPSA) is 51.8 Å². The Morgan fingerprint density at radius 2 is 2.64 bits per heavy atom. The zero-order chi connectivity index (χ0) is 8.27. The second-order valence-electron chi connectivity index (χ2n) is 2.60. The van der Waals surface area contributed by atoms with Gasteiger partial charge in [-0.3, -0.25) is 0 Å². The molecule has 0 aliphatic carbocycles. The van der Waals surface area contributed by atoms with Gasteiger partial charge in [0.05, 0.1) is 11.7 Å². The molecule has 0 radical (unpaired) electrons. The van der Waals surface area contributed by atoms with E-state index in [4.69, 9.17) is 5.73 Å². The molecule has 0 bridgehead atoms. The molecule has 4 heteroatoms. The summed E-state index contributed by atoms with van der Waals surface area (Å²) in [7, 11) is 0. The second kappa shape index (κ2) is 3.59. The lowest BCUT2D eigenvalue weighted by Crippen LogP contribution is -2.10. The summed E-state index contributed by atoms with van der Waals surface area (Å²) >= 11 is 1.32. The van der Waals surface area contributed by atoms with Gasteiger partial charge in [0, 0.05) is 5.38 Å². The second-order valence-corrected chi connectivity index (χ2v) is 3.21. The van der Waals surface area contributed by atoms with E-state index in [0.29, 0.717) is 0 Å². The van der Waals surface area contributed by atoms with E-state index in [0.717, 1.165) is 17.7 Å². The van der Waals surface area contributed by atoms with Crippen LogP contribution >= 0.6 is 11.5 Å². The van der Waals surface area contributed by atoms with Crippen LogP contribution in [0.3, 0.4) is 0 Å². The van der Waals surface area contributed by atoms with E-state index in [1.165, 1.54) is 11.5 Å². The molecule has 0 amide bonds. The van der Waals surface area contributed by atoms with E-state index in [1.807, 2.05) is 12.3 Å². The first-order valence-electron chi connectivity index (χ1n) is 3.37. The summed E-state index contributed by atoms with van der Waals surface area (Å²) in [4.78, 5) is 0. The van der Waals surface area contributed by atoms with Crippen LogP contribution in [0.4, 0.5) is 0 Å². The Morgan fingerprint density at radius 1 is 1.91 bits per heavy atom. The number of nitrogens with zero attached hydrogens (tertiary/aromatic N) is 2. The molecule has 2 N–H and O–H groups in total. The molecule has 1 atom stereocenters. The lowest BCUT2D eigenvalue weighted by molar-refractivity contribution is 0.688. The zero-order valence-corrected chi connectivity index (χ0v) is 7.27. The number of aromatic nitrogens is 2. The fraction of sp³-hybridized carbons (Fsp3) is 0.429. The van der Waals surface area contributed by atoms with Gasteiger partial charge < -0.3 is 5.73 Å². The maximum atomic E-state index is 5.78. The van der Waals surface area contributed by atoms with Crippen molar-refractivity contribution in [3.63, 3.8) is 0 Å². The lowest BCUT2D eigenvalue weighted by atomic mass is 10.1. The van der Waals surface area contributed by atoms with E-state index >= 15 is 0 Å². The average molecular weight is 169 g/mol. The van der Waals surface area contributed by atoms with Crippen LogP contribution in [0.25, 0.3) is 0 Å². The van der Waals surface area contributed by atoms with Crippen molar-refractivity contribution in [2.24, 2.45) is 5.73 Å². The monoisotopic (exact) mass is 169 g/mol. The first-order valence-corrected chi connectivity index (χ1v) is 4.20. The molecule has 3 nitrogen and oxygen atoms in total. The SMILES string of the molecule is C=C(C)CC(N)c1csnn1. The molecule has 0 aliphatic rings. The highest BCUT2D eigenvalue weighted by Gasteiger charge is 2.07. The van der Waals surface area contributed by atoms with Gasteiger partial charge in [0.25, 0.3) is 0 Å². The van der Waals surface area contributed by atoms with Crippen LogP contribution in [-0.2, 0) is 0 Å². The average Bonchev–Trinajstić information content (AvgIpc) is 2.35. The summed E-state index contributed by atoms with van der Waals surface area (Å²) in [6.07, 6.45) is 0.783. The van der Waals surface area contributed by atoms with Gasteiger partial charge in [-0.2, -0.15) is 0 Å². The van der Waals surface area contributed by atoms with E-state index in [9.17, 15) is 0 Å². The molecule has 0 aromatic carbocycles. The van der Waals surface area contributed by atoms with Gasteiger partial charge in [0.1, 0.15) is 0 Å². The van der Waals surface area contributed by atoms with Gasteiger partial charge in [-0.1, -0.05) is 10.1 Å². The molecule has 60 valence electrons. The fourth-order valence-electron chi connectivity index (χ4n) is 0.813. The number of nitrogens with two attached hydrogens (primary N) is 1. The van der Waals surface area contributed by atoms with Crippen LogP contribution in [0.15, 0.2) is 17.5 Å². The van der Waals surface area contributed by atoms with Crippen molar-refractivity contribution in [3.05, 3.63) is 23.2 Å². The Labute approximate surface area is 70.1 Å². The lowest BCUT2D eigenvalue weighted by Gasteiger charge is -2.05. The summed E-state index contributed by atoms with van der Waals surface area (Å²) in [5.74, 6) is 0. The Balaban J connectivity index is 2.56. The minimum Gasteiger partial charge on any atom is -0.322 e. The Hall–Kier alpha value is -0.740. The van der Waals surface area contributed by atoms with Crippen LogP contribution in [0.2, 0.25) is 0 Å². The van der Waals surface area contributed by atoms with Crippen LogP contribution < -0.4 is 5.73 Å². The molecule has 0 saturated carbocycles. The number of rotatable bonds is 3. The Bertz CT molecular complexity index is 230. The smallest absolute Gasteiger partial charge is 0.0925 e. The molecule has 1 unspecified atom stereocenters. The molecule has 11 heavy (non-hydrogen) atoms. The minimum atomic E-state index is -0.0359. The van der Waals surface area contributed by atoms with Crippen LogP contribution in [0.5, 0.6) is 0 Å². The highest BCUT2D eigenvalue weighted by atomic mass is 32.1. The normalized spacial score (nSPS) is 12.9. The van der Waals surface area contributed by atoms with Crippen molar-refractivity contribution in [3.8, 4) is 0 Å². The summed E-state index contributed by atoms with van der Waals surface area (Å²) in [6.45, 7) is 5.74. The summed E-state index contributed by atoms with van der Waals surface area (Å²) in [6, 6.07) is -0.0359. The van der Waals surface area contributed by atoms with Crippen molar-refractivity contribution in [1.82, 2.24) is 9.59 Å². The van der Waals surface area contributed by atoms with Crippen molar-refractivity contribution in [1.29, 1.82) is 0 Å². The number of hydrogen-bond donors (Lipinski definition) is 1. The van der Waals surface area contributed by atoms with E-state index in [2.05, 4.69) is 16.2 Å². The van der Waals surface area contributed by atoms with Gasteiger partial charge in [-0.25, -0.2) is 0 Å². The predicted molar refractivity (Wildman–Crippen MR) is 46.3 cm³/mol. The first kappa shape index (κ1) is 8.36. The molecule has 0 aliphatic heterocycles. The standard InChI is InChI=1S/C7H11N3S/c1-5(2)3-6(8)7-4-11-10-9-7/h4,6H,1,3,8H2,2H3. The minimum absolute atomic E-state index is 0.0359. The van der Waals surface area contributed by atoms with Crippen LogP contribution in [0, 0.1) is 0 Å². The molecule has 0 spiro atoms. The summed E-state index contributed by atoms with van der Waals surface area (Å²) < 4.78 is 3.73. The Kier molecular flexibility index (Phi) is 2.73. The van der Waals surface area contributed by atoms with Gasteiger partial charge in [0.15, 0.2) is 0 Å². The van der Waals surface area contributed by atoms with Crippen molar-refractivity contribution < 1.29 is 0 Å². The molecule has 1 heterocycles. The third-order valence-corrected chi connectivity index (χ3v) is 1.85. The third kappa shape index (κ3) is 2.40. The summed E-state index contributed by atoms with van der Waals surface area (Å²) in [5, 5.41) is 5.74. The van der Waals surface area contributed by atoms with Gasteiger partial charge >= 0.3 is 0 Å². The highest BCUT2D eigenvalue weighted by molar-refractivity contribution is 7.03.